The first-order valence-corrected chi connectivity index (χ1v) is 12.2. The highest BCUT2D eigenvalue weighted by atomic mass is 127. The topological polar surface area (TPSA) is 81.7 Å². The van der Waals surface area contributed by atoms with Crippen LogP contribution in [0.25, 0.3) is 0 Å². The predicted molar refractivity (Wildman–Crippen MR) is 120 cm³/mol. The van der Waals surface area contributed by atoms with E-state index >= 15 is 0 Å². The summed E-state index contributed by atoms with van der Waals surface area (Å²) >= 11 is 2.23. The van der Waals surface area contributed by atoms with Gasteiger partial charge in [-0.1, -0.05) is 22.6 Å². The second kappa shape index (κ2) is 20.0. The quantitative estimate of drug-likeness (QED) is 0.0300. The van der Waals surface area contributed by atoms with E-state index in [0.717, 1.165) is 4.43 Å². The van der Waals surface area contributed by atoms with Gasteiger partial charge in [-0.3, -0.25) is 4.79 Å². The van der Waals surface area contributed by atoms with E-state index in [2.05, 4.69) is 27.3 Å². The van der Waals surface area contributed by atoms with Crippen molar-refractivity contribution >= 4 is 28.6 Å². The number of hydrogen-bond acceptors (Lipinski definition) is 8. The lowest BCUT2D eigenvalue weighted by molar-refractivity contribution is -0.136. The van der Waals surface area contributed by atoms with E-state index in [4.69, 9.17) is 28.4 Å². The number of ether oxygens (including phenoxy) is 7. The Morgan fingerprint density at radius 3 is 1.20 bits per heavy atom. The summed E-state index contributed by atoms with van der Waals surface area (Å²) in [6, 6.07) is 0. The zero-order chi connectivity index (χ0) is 25.9. The minimum atomic E-state index is -2.34. The molecule has 0 aromatic heterocycles. The molecule has 0 radical (unpaired) electrons. The molecule has 0 heterocycles. The zero-order valence-corrected chi connectivity index (χ0v) is 21.1. The summed E-state index contributed by atoms with van der Waals surface area (Å²) in [6.45, 7) is 4.26. The van der Waals surface area contributed by atoms with Crippen LogP contribution in [0.5, 0.6) is 5.75 Å². The molecule has 1 rings (SSSR count). The van der Waals surface area contributed by atoms with Crippen LogP contribution in [0.4, 0.5) is 22.0 Å². The standard InChI is InChI=1S/C21H28F5IO8/c22-16-17(23)19(25)21(20(26)18(16)24)35-15(28)1-3-29-5-7-31-9-11-33-13-14-34-12-10-32-8-6-30-4-2-27/h1-14H2. The van der Waals surface area contributed by atoms with Gasteiger partial charge < -0.3 is 33.2 Å². The third-order valence-electron chi connectivity index (χ3n) is 3.92. The average Bonchev–Trinajstić information content (AvgIpc) is 2.85. The first-order chi connectivity index (χ1) is 16.9. The van der Waals surface area contributed by atoms with Crippen molar-refractivity contribution < 1.29 is 59.9 Å². The second-order valence-electron chi connectivity index (χ2n) is 6.49. The van der Waals surface area contributed by atoms with E-state index in [9.17, 15) is 26.7 Å². The number of rotatable bonds is 21. The Morgan fingerprint density at radius 1 is 0.514 bits per heavy atom. The van der Waals surface area contributed by atoms with Crippen molar-refractivity contribution in [2.75, 3.05) is 83.7 Å². The molecule has 0 fully saturated rings. The minimum Gasteiger partial charge on any atom is -0.420 e. The fraction of sp³-hybridized carbons (Fsp3) is 0.667. The molecule has 8 nitrogen and oxygen atoms in total. The third-order valence-corrected chi connectivity index (χ3v) is 4.36. The van der Waals surface area contributed by atoms with Gasteiger partial charge in [-0.05, 0) is 0 Å². The maximum Gasteiger partial charge on any atom is 0.313 e. The van der Waals surface area contributed by atoms with Gasteiger partial charge in [-0.15, -0.1) is 0 Å². The molecule has 0 spiro atoms. The molecular weight excluding hydrogens is 602 g/mol. The zero-order valence-electron chi connectivity index (χ0n) is 18.9. The van der Waals surface area contributed by atoms with Gasteiger partial charge >= 0.3 is 5.97 Å². The fourth-order valence-corrected chi connectivity index (χ4v) is 2.56. The van der Waals surface area contributed by atoms with Crippen molar-refractivity contribution in [2.24, 2.45) is 0 Å². The number of halogens is 6. The monoisotopic (exact) mass is 630 g/mol. The number of alkyl halides is 1. The van der Waals surface area contributed by atoms with Gasteiger partial charge in [-0.25, -0.2) is 13.2 Å². The summed E-state index contributed by atoms with van der Waals surface area (Å²) in [5, 5.41) is 0. The number of carbonyl (C=O) groups is 1. The van der Waals surface area contributed by atoms with Gasteiger partial charge in [-0.2, -0.15) is 8.78 Å². The summed E-state index contributed by atoms with van der Waals surface area (Å²) in [6.07, 6.45) is -0.472. The van der Waals surface area contributed by atoms with Gasteiger partial charge in [0.15, 0.2) is 0 Å². The van der Waals surface area contributed by atoms with E-state index in [0.29, 0.717) is 59.5 Å². The lowest BCUT2D eigenvalue weighted by Gasteiger charge is -2.09. The molecule has 0 amide bonds. The van der Waals surface area contributed by atoms with Crippen molar-refractivity contribution in [3.05, 3.63) is 29.1 Å². The molecule has 0 saturated heterocycles. The van der Waals surface area contributed by atoms with Crippen LogP contribution >= 0.6 is 22.6 Å². The van der Waals surface area contributed by atoms with E-state index in [-0.39, 0.29) is 19.8 Å². The fourth-order valence-electron chi connectivity index (χ4n) is 2.25. The highest BCUT2D eigenvalue weighted by Crippen LogP contribution is 2.29. The maximum atomic E-state index is 13.5. The minimum absolute atomic E-state index is 0.0992. The second-order valence-corrected chi connectivity index (χ2v) is 7.57. The van der Waals surface area contributed by atoms with Crippen LogP contribution in [-0.4, -0.2) is 89.7 Å². The van der Waals surface area contributed by atoms with Crippen molar-refractivity contribution in [2.45, 2.75) is 6.42 Å². The van der Waals surface area contributed by atoms with Crippen LogP contribution in [0.2, 0.25) is 0 Å². The van der Waals surface area contributed by atoms with Gasteiger partial charge in [0.2, 0.25) is 34.8 Å². The lowest BCUT2D eigenvalue weighted by atomic mass is 10.2. The normalized spacial score (nSPS) is 11.3. The summed E-state index contributed by atoms with van der Waals surface area (Å²) in [7, 11) is 0. The molecular formula is C21H28F5IO8. The van der Waals surface area contributed by atoms with E-state index in [1.54, 1.807) is 0 Å². The molecule has 202 valence electrons. The lowest BCUT2D eigenvalue weighted by Crippen LogP contribution is -2.16. The summed E-state index contributed by atoms with van der Waals surface area (Å²) in [5.74, 6) is -14.1. The molecule has 0 aliphatic rings. The van der Waals surface area contributed by atoms with Crippen LogP contribution < -0.4 is 4.74 Å². The average molecular weight is 630 g/mol. The Morgan fingerprint density at radius 2 is 0.829 bits per heavy atom. The SMILES string of the molecule is O=C(CCOCCOCCOCCOCCOCCOCCI)Oc1c(F)c(F)c(F)c(F)c1F. The molecule has 0 aliphatic carbocycles. The largest absolute Gasteiger partial charge is 0.420 e. The molecule has 14 heteroatoms. The van der Waals surface area contributed by atoms with Gasteiger partial charge in [0.25, 0.3) is 0 Å². The van der Waals surface area contributed by atoms with Crippen molar-refractivity contribution in [3.63, 3.8) is 0 Å². The third kappa shape index (κ3) is 13.6. The molecule has 0 N–H and O–H groups in total. The molecule has 0 atom stereocenters. The first kappa shape index (κ1) is 31.9. The highest BCUT2D eigenvalue weighted by Gasteiger charge is 2.28. The number of carbonyl (C=O) groups excluding carboxylic acids is 1. The Bertz CT molecular complexity index is 715. The van der Waals surface area contributed by atoms with Gasteiger partial charge in [0, 0.05) is 4.43 Å². The van der Waals surface area contributed by atoms with Crippen molar-refractivity contribution in [3.8, 4) is 5.75 Å². The molecule has 0 unspecified atom stereocenters. The Balaban J connectivity index is 1.94. The maximum absolute atomic E-state index is 13.5. The molecule has 1 aromatic rings. The summed E-state index contributed by atoms with van der Waals surface area (Å²) in [5.41, 5.74) is 0. The van der Waals surface area contributed by atoms with Crippen LogP contribution in [0.15, 0.2) is 0 Å². The van der Waals surface area contributed by atoms with E-state index < -0.39 is 47.2 Å². The van der Waals surface area contributed by atoms with Crippen molar-refractivity contribution in [1.82, 2.24) is 0 Å². The Hall–Kier alpha value is -1.17. The van der Waals surface area contributed by atoms with Gasteiger partial charge in [0.1, 0.15) is 0 Å². The van der Waals surface area contributed by atoms with E-state index in [1.807, 2.05) is 0 Å². The smallest absolute Gasteiger partial charge is 0.313 e. The Labute approximate surface area is 213 Å². The predicted octanol–water partition coefficient (Wildman–Crippen LogP) is 3.21. The summed E-state index contributed by atoms with van der Waals surface area (Å²) in [4.78, 5) is 11.6. The van der Waals surface area contributed by atoms with Crippen molar-refractivity contribution in [1.29, 1.82) is 0 Å². The number of benzene rings is 1. The van der Waals surface area contributed by atoms with Crippen LogP contribution in [0.3, 0.4) is 0 Å². The summed E-state index contributed by atoms with van der Waals surface area (Å²) < 4.78 is 103. The first-order valence-electron chi connectivity index (χ1n) is 10.6. The molecule has 0 bridgehead atoms. The highest BCUT2D eigenvalue weighted by molar-refractivity contribution is 14.1. The molecule has 0 aliphatic heterocycles. The van der Waals surface area contributed by atoms with Gasteiger partial charge in [0.05, 0.1) is 85.7 Å². The van der Waals surface area contributed by atoms with Crippen LogP contribution in [0.1, 0.15) is 6.42 Å². The molecule has 1 aromatic carbocycles. The van der Waals surface area contributed by atoms with E-state index in [1.165, 1.54) is 0 Å². The van der Waals surface area contributed by atoms with Crippen LogP contribution in [-0.2, 0) is 33.2 Å². The Kier molecular flexibility index (Phi) is 18.2. The van der Waals surface area contributed by atoms with Crippen LogP contribution in [0, 0.1) is 29.1 Å². The molecule has 35 heavy (non-hydrogen) atoms. The molecule has 0 saturated carbocycles. The number of hydrogen-bond donors (Lipinski definition) is 0. The number of esters is 1.